The molecule has 0 unspecified atom stereocenters. The third-order valence-electron chi connectivity index (χ3n) is 4.39. The van der Waals surface area contributed by atoms with E-state index in [-0.39, 0.29) is 5.91 Å². The molecule has 1 amide bonds. The van der Waals surface area contributed by atoms with Crippen LogP contribution in [0.3, 0.4) is 0 Å². The van der Waals surface area contributed by atoms with Gasteiger partial charge in [0.05, 0.1) is 6.54 Å². The molecule has 0 radical (unpaired) electrons. The van der Waals surface area contributed by atoms with Crippen LogP contribution in [0.25, 0.3) is 0 Å². The van der Waals surface area contributed by atoms with Gasteiger partial charge in [0, 0.05) is 17.7 Å². The van der Waals surface area contributed by atoms with Crippen LogP contribution in [0.2, 0.25) is 0 Å². The quantitative estimate of drug-likeness (QED) is 0.835. The van der Waals surface area contributed by atoms with Crippen molar-refractivity contribution in [2.24, 2.45) is 17.1 Å². The van der Waals surface area contributed by atoms with Crippen LogP contribution in [-0.2, 0) is 0 Å². The fourth-order valence-electron chi connectivity index (χ4n) is 2.62. The third kappa shape index (κ3) is 3.86. The first kappa shape index (κ1) is 15.6. The first-order valence-electron chi connectivity index (χ1n) is 7.56. The zero-order valence-electron chi connectivity index (χ0n) is 13.1. The smallest absolute Gasteiger partial charge is 0.251 e. The highest BCUT2D eigenvalue weighted by Crippen LogP contribution is 2.51. The summed E-state index contributed by atoms with van der Waals surface area (Å²) in [6, 6.07) is 5.70. The Bertz CT molecular complexity index is 589. The van der Waals surface area contributed by atoms with Crippen molar-refractivity contribution in [2.75, 3.05) is 13.1 Å². The summed E-state index contributed by atoms with van der Waals surface area (Å²) in [5.74, 6) is 6.41. The minimum Gasteiger partial charge on any atom is -0.351 e. The van der Waals surface area contributed by atoms with Crippen molar-refractivity contribution in [3.63, 3.8) is 0 Å². The Kier molecular flexibility index (Phi) is 4.69. The number of rotatable bonds is 4. The summed E-state index contributed by atoms with van der Waals surface area (Å²) in [5, 5.41) is 3.08. The summed E-state index contributed by atoms with van der Waals surface area (Å²) in [6.45, 7) is 7.52. The number of nitrogens with two attached hydrogens (primary N) is 1. The molecule has 0 saturated heterocycles. The predicted molar refractivity (Wildman–Crippen MR) is 85.9 cm³/mol. The Morgan fingerprint density at radius 1 is 1.38 bits per heavy atom. The van der Waals surface area contributed by atoms with E-state index in [4.69, 9.17) is 5.73 Å². The lowest BCUT2D eigenvalue weighted by Crippen LogP contribution is -2.32. The number of aryl methyl sites for hydroxylation is 1. The predicted octanol–water partition coefficient (Wildman–Crippen LogP) is 2.47. The molecule has 0 aliphatic heterocycles. The van der Waals surface area contributed by atoms with Crippen LogP contribution in [0.15, 0.2) is 18.2 Å². The summed E-state index contributed by atoms with van der Waals surface area (Å²) in [7, 11) is 0. The average molecular weight is 284 g/mol. The maximum Gasteiger partial charge on any atom is 0.251 e. The molecule has 0 bridgehead atoms. The second-order valence-electron chi connectivity index (χ2n) is 6.29. The molecule has 1 aromatic rings. The molecule has 1 aliphatic rings. The van der Waals surface area contributed by atoms with Crippen LogP contribution < -0.4 is 11.1 Å². The maximum absolute atomic E-state index is 12.3. The SMILES string of the molecule is Cc1cc(C#CCN)cc(C(=O)NCC2(C(C)C)CC2)c1. The number of nitrogens with one attached hydrogen (secondary N) is 1. The van der Waals surface area contributed by atoms with Gasteiger partial charge in [-0.2, -0.15) is 0 Å². The van der Waals surface area contributed by atoms with Crippen LogP contribution in [0.5, 0.6) is 0 Å². The van der Waals surface area contributed by atoms with Crippen LogP contribution in [-0.4, -0.2) is 19.0 Å². The molecular weight excluding hydrogens is 260 g/mol. The molecule has 0 aromatic heterocycles. The van der Waals surface area contributed by atoms with Crippen LogP contribution >= 0.6 is 0 Å². The van der Waals surface area contributed by atoms with Gasteiger partial charge in [-0.25, -0.2) is 0 Å². The Morgan fingerprint density at radius 2 is 2.10 bits per heavy atom. The van der Waals surface area contributed by atoms with Gasteiger partial charge in [0.25, 0.3) is 5.91 Å². The van der Waals surface area contributed by atoms with E-state index in [9.17, 15) is 4.79 Å². The van der Waals surface area contributed by atoms with Gasteiger partial charge in [0.15, 0.2) is 0 Å². The van der Waals surface area contributed by atoms with Crippen LogP contribution in [0.1, 0.15) is 48.2 Å². The molecular formula is C18H24N2O. The van der Waals surface area contributed by atoms with Crippen molar-refractivity contribution in [1.82, 2.24) is 5.32 Å². The molecule has 3 N–H and O–H groups in total. The van der Waals surface area contributed by atoms with Crippen molar-refractivity contribution in [3.8, 4) is 11.8 Å². The summed E-state index contributed by atoms with van der Waals surface area (Å²) >= 11 is 0. The molecule has 3 nitrogen and oxygen atoms in total. The number of carbonyl (C=O) groups is 1. The highest BCUT2D eigenvalue weighted by molar-refractivity contribution is 5.94. The number of hydrogen-bond acceptors (Lipinski definition) is 2. The van der Waals surface area contributed by atoms with Gasteiger partial charge in [-0.15, -0.1) is 0 Å². The van der Waals surface area contributed by atoms with Crippen LogP contribution in [0, 0.1) is 30.1 Å². The third-order valence-corrected chi connectivity index (χ3v) is 4.39. The summed E-state index contributed by atoms with van der Waals surface area (Å²) in [5.41, 5.74) is 8.27. The highest BCUT2D eigenvalue weighted by atomic mass is 16.1. The lowest BCUT2D eigenvalue weighted by atomic mass is 9.92. The lowest BCUT2D eigenvalue weighted by molar-refractivity contribution is 0.0939. The van der Waals surface area contributed by atoms with E-state index in [1.807, 2.05) is 25.1 Å². The van der Waals surface area contributed by atoms with Crippen molar-refractivity contribution < 1.29 is 4.79 Å². The molecule has 1 aliphatic carbocycles. The van der Waals surface area contributed by atoms with Gasteiger partial charge < -0.3 is 11.1 Å². The minimum atomic E-state index is -0.0126. The van der Waals surface area contributed by atoms with Gasteiger partial charge >= 0.3 is 0 Å². The van der Waals surface area contributed by atoms with E-state index in [1.54, 1.807) is 0 Å². The molecule has 3 heteroatoms. The van der Waals surface area contributed by atoms with Gasteiger partial charge in [-0.05, 0) is 54.9 Å². The maximum atomic E-state index is 12.3. The highest BCUT2D eigenvalue weighted by Gasteiger charge is 2.45. The van der Waals surface area contributed by atoms with Crippen LogP contribution in [0.4, 0.5) is 0 Å². The number of hydrogen-bond donors (Lipinski definition) is 2. The average Bonchev–Trinajstić information content (AvgIpc) is 3.23. The molecule has 0 heterocycles. The first-order valence-corrected chi connectivity index (χ1v) is 7.56. The second-order valence-corrected chi connectivity index (χ2v) is 6.29. The lowest BCUT2D eigenvalue weighted by Gasteiger charge is -2.20. The zero-order valence-corrected chi connectivity index (χ0v) is 13.1. The van der Waals surface area contributed by atoms with E-state index in [2.05, 4.69) is 31.0 Å². The Labute approximate surface area is 127 Å². The van der Waals surface area contributed by atoms with E-state index in [1.165, 1.54) is 12.8 Å². The summed E-state index contributed by atoms with van der Waals surface area (Å²) in [4.78, 5) is 12.3. The molecule has 1 fully saturated rings. The normalized spacial score (nSPS) is 15.3. The van der Waals surface area contributed by atoms with Gasteiger partial charge in [-0.3, -0.25) is 4.79 Å². The molecule has 21 heavy (non-hydrogen) atoms. The Balaban J connectivity index is 2.07. The van der Waals surface area contributed by atoms with Gasteiger partial charge in [0.1, 0.15) is 0 Å². The minimum absolute atomic E-state index is 0.0126. The van der Waals surface area contributed by atoms with Gasteiger partial charge in [0.2, 0.25) is 0 Å². The standard InChI is InChI=1S/C18H24N2O/c1-13(2)18(6-7-18)12-20-17(21)16-10-14(3)9-15(11-16)5-4-8-19/h9-11,13H,6-8,12,19H2,1-3H3,(H,20,21). The van der Waals surface area contributed by atoms with Crippen molar-refractivity contribution >= 4 is 5.91 Å². The molecule has 2 rings (SSSR count). The van der Waals surface area contributed by atoms with E-state index in [0.717, 1.165) is 17.7 Å². The van der Waals surface area contributed by atoms with E-state index < -0.39 is 0 Å². The van der Waals surface area contributed by atoms with Gasteiger partial charge in [-0.1, -0.05) is 25.7 Å². The van der Waals surface area contributed by atoms with Crippen molar-refractivity contribution in [1.29, 1.82) is 0 Å². The number of amides is 1. The molecule has 1 aromatic carbocycles. The van der Waals surface area contributed by atoms with E-state index in [0.29, 0.717) is 23.4 Å². The zero-order chi connectivity index (χ0) is 15.5. The molecule has 112 valence electrons. The Morgan fingerprint density at radius 3 is 2.67 bits per heavy atom. The topological polar surface area (TPSA) is 55.1 Å². The second kappa shape index (κ2) is 6.32. The monoisotopic (exact) mass is 284 g/mol. The molecule has 0 spiro atoms. The largest absolute Gasteiger partial charge is 0.351 e. The first-order chi connectivity index (χ1) is 9.97. The fourth-order valence-corrected chi connectivity index (χ4v) is 2.62. The summed E-state index contributed by atoms with van der Waals surface area (Å²) in [6.07, 6.45) is 2.43. The fraction of sp³-hybridized carbons (Fsp3) is 0.500. The summed E-state index contributed by atoms with van der Waals surface area (Å²) < 4.78 is 0. The number of carbonyl (C=O) groups excluding carboxylic acids is 1. The molecule has 1 saturated carbocycles. The Hall–Kier alpha value is -1.79. The number of benzene rings is 1. The van der Waals surface area contributed by atoms with Crippen molar-refractivity contribution in [3.05, 3.63) is 34.9 Å². The van der Waals surface area contributed by atoms with Crippen molar-refractivity contribution in [2.45, 2.75) is 33.6 Å². The van der Waals surface area contributed by atoms with E-state index >= 15 is 0 Å². The molecule has 0 atom stereocenters.